The lowest BCUT2D eigenvalue weighted by molar-refractivity contribution is -0.124. The highest BCUT2D eigenvalue weighted by molar-refractivity contribution is 6.26. The number of hydrogen-bond donors (Lipinski definition) is 1. The maximum atomic E-state index is 13.5. The second kappa shape index (κ2) is 7.83. The highest BCUT2D eigenvalue weighted by Gasteiger charge is 2.56. The molecule has 2 bridgehead atoms. The Balaban J connectivity index is 1.65. The van der Waals surface area contributed by atoms with Gasteiger partial charge in [-0.2, -0.15) is 0 Å². The number of piperazine rings is 1. The molecule has 1 fully saturated rings. The van der Waals surface area contributed by atoms with Gasteiger partial charge in [0.15, 0.2) is 23.1 Å². The molecule has 5 rings (SSSR count). The molecule has 0 aromatic rings. The van der Waals surface area contributed by atoms with Crippen molar-refractivity contribution in [1.82, 2.24) is 9.80 Å². The molecule has 0 aromatic heterocycles. The van der Waals surface area contributed by atoms with Gasteiger partial charge in [-0.15, -0.1) is 0 Å². The minimum Gasteiger partial charge on any atom is -0.492 e. The first-order valence-electron chi connectivity index (χ1n) is 11.4. The van der Waals surface area contributed by atoms with Crippen molar-refractivity contribution in [1.29, 1.82) is 0 Å². The summed E-state index contributed by atoms with van der Waals surface area (Å²) in [6.45, 7) is 3.31. The number of likely N-dealkylation sites (N-methyl/N-ethyl adjacent to an activating group) is 1. The van der Waals surface area contributed by atoms with Gasteiger partial charge in [-0.05, 0) is 33.7 Å². The molecule has 2 aliphatic carbocycles. The number of ketones is 4. The van der Waals surface area contributed by atoms with Crippen LogP contribution in [0.3, 0.4) is 0 Å². The average molecular weight is 469 g/mol. The van der Waals surface area contributed by atoms with Crippen molar-refractivity contribution in [3.63, 3.8) is 0 Å². The number of carbonyl (C=O) groups excluding carboxylic acids is 4. The first-order chi connectivity index (χ1) is 16.2. The number of Topliss-reactive ketones (excluding diaryl/α,β-unsaturated/α-hetero) is 4. The summed E-state index contributed by atoms with van der Waals surface area (Å²) in [6, 6.07) is -1.63. The Labute approximate surface area is 197 Å². The summed E-state index contributed by atoms with van der Waals surface area (Å²) in [5.74, 6) is -1.08. The van der Waals surface area contributed by atoms with Gasteiger partial charge < -0.3 is 14.6 Å². The lowest BCUT2D eigenvalue weighted by Gasteiger charge is -2.58. The molecule has 5 aliphatic rings. The Morgan fingerprint density at radius 1 is 0.853 bits per heavy atom. The molecule has 1 saturated heterocycles. The van der Waals surface area contributed by atoms with Gasteiger partial charge in [-0.1, -0.05) is 0 Å². The van der Waals surface area contributed by atoms with Crippen LogP contribution in [-0.2, 0) is 28.7 Å². The van der Waals surface area contributed by atoms with Crippen molar-refractivity contribution < 1.29 is 33.8 Å². The number of ether oxygens (including phenoxy) is 2. The maximum Gasteiger partial charge on any atom is 0.226 e. The number of carbonyl (C=O) groups is 4. The second-order valence-corrected chi connectivity index (χ2v) is 9.55. The molecular weight excluding hydrogens is 440 g/mol. The minimum atomic E-state index is -0.696. The van der Waals surface area contributed by atoms with Gasteiger partial charge in [-0.3, -0.25) is 29.0 Å². The van der Waals surface area contributed by atoms with Crippen LogP contribution in [0, 0.1) is 0 Å². The van der Waals surface area contributed by atoms with Crippen LogP contribution in [-0.4, -0.2) is 96.6 Å². The van der Waals surface area contributed by atoms with Gasteiger partial charge in [0.2, 0.25) is 11.6 Å². The number of nitrogens with zero attached hydrogens (tertiary/aromatic N) is 2. The van der Waals surface area contributed by atoms with E-state index in [0.717, 1.165) is 0 Å². The Hall–Kier alpha value is -2.88. The summed E-state index contributed by atoms with van der Waals surface area (Å²) in [6.07, 6.45) is 0.624. The molecule has 0 amide bonds. The van der Waals surface area contributed by atoms with E-state index in [1.807, 2.05) is 11.9 Å². The third kappa shape index (κ3) is 2.77. The zero-order chi connectivity index (χ0) is 24.6. The van der Waals surface area contributed by atoms with E-state index in [1.165, 1.54) is 14.2 Å². The molecule has 4 atom stereocenters. The summed E-state index contributed by atoms with van der Waals surface area (Å²) in [4.78, 5) is 57.4. The number of aliphatic hydroxyl groups is 1. The van der Waals surface area contributed by atoms with Gasteiger partial charge in [0.1, 0.15) is 0 Å². The van der Waals surface area contributed by atoms with Gasteiger partial charge in [0, 0.05) is 52.1 Å². The van der Waals surface area contributed by atoms with E-state index in [1.54, 1.807) is 13.8 Å². The third-order valence-corrected chi connectivity index (χ3v) is 8.15. The van der Waals surface area contributed by atoms with Crippen LogP contribution in [0.15, 0.2) is 45.0 Å². The molecule has 34 heavy (non-hydrogen) atoms. The summed E-state index contributed by atoms with van der Waals surface area (Å²) in [7, 11) is 4.66. The topological polar surface area (TPSA) is 113 Å². The number of rotatable bonds is 3. The number of fused-ring (bicyclic) bond motifs is 5. The van der Waals surface area contributed by atoms with Crippen LogP contribution in [0.5, 0.6) is 0 Å². The standard InChI is InChI=1S/C25H28N2O7/c1-10-20(29)13-6-12-8-27-15(19(26(12)3)18(13)23(32)25(10)34-5)7-14-17(16(27)9-28)22(31)24(33-4)11(2)21(14)30/h12,15-16,19,28H,6-9H2,1-5H3/t12-,15+,16+,19-/m1/s1. The molecule has 3 aliphatic heterocycles. The Kier molecular flexibility index (Phi) is 5.27. The molecule has 180 valence electrons. The fourth-order valence-corrected chi connectivity index (χ4v) is 6.51. The molecule has 0 unspecified atom stereocenters. The van der Waals surface area contributed by atoms with Crippen LogP contribution in [0.2, 0.25) is 0 Å². The lowest BCUT2D eigenvalue weighted by atomic mass is 9.69. The second-order valence-electron chi connectivity index (χ2n) is 9.55. The van der Waals surface area contributed by atoms with E-state index >= 15 is 0 Å². The van der Waals surface area contributed by atoms with E-state index in [9.17, 15) is 24.3 Å². The Morgan fingerprint density at radius 2 is 1.38 bits per heavy atom. The van der Waals surface area contributed by atoms with Crippen molar-refractivity contribution in [3.8, 4) is 0 Å². The molecular formula is C25H28N2O7. The average Bonchev–Trinajstić information content (AvgIpc) is 2.81. The third-order valence-electron chi connectivity index (χ3n) is 8.15. The van der Waals surface area contributed by atoms with Crippen LogP contribution < -0.4 is 0 Å². The van der Waals surface area contributed by atoms with E-state index in [4.69, 9.17) is 9.47 Å². The van der Waals surface area contributed by atoms with Crippen LogP contribution in [0.1, 0.15) is 26.7 Å². The van der Waals surface area contributed by atoms with Gasteiger partial charge in [0.25, 0.3) is 0 Å². The quantitative estimate of drug-likeness (QED) is 0.582. The predicted molar refractivity (Wildman–Crippen MR) is 119 cm³/mol. The number of allylic oxidation sites excluding steroid dienone is 4. The van der Waals surface area contributed by atoms with Crippen LogP contribution in [0.4, 0.5) is 0 Å². The number of aliphatic hydroxyl groups excluding tert-OH is 1. The molecule has 9 nitrogen and oxygen atoms in total. The van der Waals surface area contributed by atoms with Gasteiger partial charge in [0.05, 0.1) is 32.9 Å². The minimum absolute atomic E-state index is 0.0124. The van der Waals surface area contributed by atoms with Gasteiger partial charge in [-0.25, -0.2) is 0 Å². The zero-order valence-corrected chi connectivity index (χ0v) is 19.9. The summed E-state index contributed by atoms with van der Waals surface area (Å²) >= 11 is 0. The predicted octanol–water partition coefficient (Wildman–Crippen LogP) is 0.246. The monoisotopic (exact) mass is 468 g/mol. The molecule has 1 N–H and O–H groups in total. The van der Waals surface area contributed by atoms with Crippen molar-refractivity contribution in [2.24, 2.45) is 0 Å². The van der Waals surface area contributed by atoms with Crippen molar-refractivity contribution >= 4 is 23.1 Å². The van der Waals surface area contributed by atoms with E-state index < -0.39 is 12.1 Å². The van der Waals surface area contributed by atoms with E-state index in [2.05, 4.69) is 4.90 Å². The SMILES string of the molecule is COC1=C(C)C(=O)C2=C(C1=O)[C@H]1[C@@H]3CC4=C(C(=O)C(OC)=C(C)C4=O)[C@H](CO)N3C[C@@H](C2)N1C. The molecule has 0 radical (unpaired) electrons. The van der Waals surface area contributed by atoms with E-state index in [-0.39, 0.29) is 70.9 Å². The smallest absolute Gasteiger partial charge is 0.226 e. The van der Waals surface area contributed by atoms with Crippen LogP contribution >= 0.6 is 0 Å². The number of hydrogen-bond acceptors (Lipinski definition) is 9. The first-order valence-corrected chi connectivity index (χ1v) is 11.4. The molecule has 0 spiro atoms. The Morgan fingerprint density at radius 3 is 1.91 bits per heavy atom. The van der Waals surface area contributed by atoms with Gasteiger partial charge >= 0.3 is 0 Å². The summed E-state index contributed by atoms with van der Waals surface area (Å²) in [5.41, 5.74) is 2.11. The van der Waals surface area contributed by atoms with E-state index in [0.29, 0.717) is 35.3 Å². The molecule has 3 heterocycles. The Bertz CT molecular complexity index is 1190. The normalized spacial score (nSPS) is 32.3. The molecule has 0 saturated carbocycles. The maximum absolute atomic E-state index is 13.5. The lowest BCUT2D eigenvalue weighted by Crippen LogP contribution is -2.70. The number of methoxy groups -OCH3 is 2. The highest BCUT2D eigenvalue weighted by atomic mass is 16.5. The molecule has 0 aromatic carbocycles. The molecule has 9 heteroatoms. The van der Waals surface area contributed by atoms with Crippen molar-refractivity contribution in [2.45, 2.75) is 50.9 Å². The zero-order valence-electron chi connectivity index (χ0n) is 19.9. The largest absolute Gasteiger partial charge is 0.492 e. The van der Waals surface area contributed by atoms with Crippen molar-refractivity contribution in [3.05, 3.63) is 45.0 Å². The summed E-state index contributed by atoms with van der Waals surface area (Å²) < 4.78 is 10.6. The first kappa shape index (κ1) is 22.9. The van der Waals surface area contributed by atoms with Crippen molar-refractivity contribution in [2.75, 3.05) is 34.4 Å². The highest BCUT2D eigenvalue weighted by Crippen LogP contribution is 2.46. The fraction of sp³-hybridized carbons (Fsp3) is 0.520. The summed E-state index contributed by atoms with van der Waals surface area (Å²) in [5, 5.41) is 10.4. The fourth-order valence-electron chi connectivity index (χ4n) is 6.51. The van der Waals surface area contributed by atoms with Crippen LogP contribution in [0.25, 0.3) is 0 Å².